The van der Waals surface area contributed by atoms with Gasteiger partial charge in [-0.05, 0) is 36.4 Å². The number of unbranched alkanes of at least 4 members (excludes halogenated alkanes) is 1. The first kappa shape index (κ1) is 26.2. The second-order valence-corrected chi connectivity index (χ2v) is 9.26. The molecule has 0 radical (unpaired) electrons. The number of aliphatic hydroxyl groups is 1. The maximum atomic E-state index is 12.9. The third-order valence-corrected chi connectivity index (χ3v) is 6.42. The Balaban J connectivity index is 1.84. The van der Waals surface area contributed by atoms with Crippen molar-refractivity contribution in [1.82, 2.24) is 0 Å². The first-order chi connectivity index (χ1) is 16.5. The van der Waals surface area contributed by atoms with Crippen molar-refractivity contribution in [3.8, 4) is 0 Å². The average Bonchev–Trinajstić information content (AvgIpc) is 2.87. The highest BCUT2D eigenvalue weighted by molar-refractivity contribution is 7.99. The fourth-order valence-electron chi connectivity index (χ4n) is 3.56. The summed E-state index contributed by atoms with van der Waals surface area (Å²) in [5.74, 6) is -0.525. The molecule has 1 saturated heterocycles. The Labute approximate surface area is 204 Å². The minimum atomic E-state index is -1.24. The molecular formula is C26H32O7S. The van der Waals surface area contributed by atoms with Crippen LogP contribution in [0, 0.1) is 0 Å². The highest BCUT2D eigenvalue weighted by atomic mass is 32.2. The molecule has 0 spiro atoms. The Bertz CT molecular complexity index is 893. The summed E-state index contributed by atoms with van der Waals surface area (Å²) < 4.78 is 23.3. The number of carbonyl (C=O) groups excluding carboxylic acids is 2. The number of hydrogen-bond donors (Lipinski definition) is 1. The Kier molecular flexibility index (Phi) is 10.4. The van der Waals surface area contributed by atoms with Crippen LogP contribution in [0.5, 0.6) is 0 Å². The van der Waals surface area contributed by atoms with Crippen molar-refractivity contribution in [2.24, 2.45) is 0 Å². The van der Waals surface area contributed by atoms with Crippen LogP contribution in [0.15, 0.2) is 60.7 Å². The van der Waals surface area contributed by atoms with Gasteiger partial charge in [0.05, 0.1) is 17.7 Å². The van der Waals surface area contributed by atoms with Gasteiger partial charge in [0.1, 0.15) is 17.6 Å². The molecule has 1 heterocycles. The Morgan fingerprint density at radius 1 is 0.912 bits per heavy atom. The molecule has 34 heavy (non-hydrogen) atoms. The normalized spacial score (nSPS) is 24.4. The minimum Gasteiger partial charge on any atom is -0.452 e. The molecule has 0 aromatic heterocycles. The van der Waals surface area contributed by atoms with Gasteiger partial charge in [-0.15, -0.1) is 11.8 Å². The van der Waals surface area contributed by atoms with E-state index in [4.69, 9.17) is 18.9 Å². The van der Waals surface area contributed by atoms with Crippen molar-refractivity contribution in [3.63, 3.8) is 0 Å². The first-order valence-electron chi connectivity index (χ1n) is 11.6. The zero-order chi connectivity index (χ0) is 24.3. The molecule has 184 valence electrons. The number of hydrogen-bond acceptors (Lipinski definition) is 8. The van der Waals surface area contributed by atoms with Gasteiger partial charge >= 0.3 is 11.9 Å². The molecule has 0 amide bonds. The number of carbonyl (C=O) groups is 2. The summed E-state index contributed by atoms with van der Waals surface area (Å²) in [7, 11) is 0. The van der Waals surface area contributed by atoms with E-state index in [-0.39, 0.29) is 6.61 Å². The first-order valence-corrected chi connectivity index (χ1v) is 12.6. The van der Waals surface area contributed by atoms with Crippen LogP contribution in [0.1, 0.15) is 47.4 Å². The van der Waals surface area contributed by atoms with Crippen molar-refractivity contribution >= 4 is 23.7 Å². The largest absolute Gasteiger partial charge is 0.452 e. The number of rotatable bonds is 11. The van der Waals surface area contributed by atoms with Gasteiger partial charge in [-0.25, -0.2) is 9.59 Å². The maximum absolute atomic E-state index is 12.9. The third kappa shape index (κ3) is 7.06. The van der Waals surface area contributed by atoms with Gasteiger partial charge in [0, 0.05) is 6.61 Å². The quantitative estimate of drug-likeness (QED) is 0.374. The monoisotopic (exact) mass is 488 g/mol. The molecule has 1 N–H and O–H groups in total. The zero-order valence-corrected chi connectivity index (χ0v) is 20.3. The van der Waals surface area contributed by atoms with Crippen molar-refractivity contribution in [2.45, 2.75) is 56.5 Å². The molecule has 8 heteroatoms. The van der Waals surface area contributed by atoms with E-state index >= 15 is 0 Å². The number of ether oxygens (including phenoxy) is 4. The fourth-order valence-corrected chi connectivity index (χ4v) is 4.51. The zero-order valence-electron chi connectivity index (χ0n) is 19.5. The molecule has 1 fully saturated rings. The molecule has 5 atom stereocenters. The molecule has 7 nitrogen and oxygen atoms in total. The van der Waals surface area contributed by atoms with E-state index in [1.165, 1.54) is 11.8 Å². The number of thioether (sulfide) groups is 1. The lowest BCUT2D eigenvalue weighted by Crippen LogP contribution is -2.60. The molecule has 2 aromatic carbocycles. The van der Waals surface area contributed by atoms with Crippen molar-refractivity contribution in [3.05, 3.63) is 71.8 Å². The molecular weight excluding hydrogens is 456 g/mol. The van der Waals surface area contributed by atoms with Crippen LogP contribution in [0.2, 0.25) is 0 Å². The maximum Gasteiger partial charge on any atom is 0.338 e. The van der Waals surface area contributed by atoms with Crippen LogP contribution < -0.4 is 0 Å². The molecule has 1 aliphatic heterocycles. The van der Waals surface area contributed by atoms with Crippen molar-refractivity contribution < 1.29 is 33.6 Å². The topological polar surface area (TPSA) is 91.3 Å². The standard InChI is InChI=1S/C26H32O7S/c1-3-5-16-30-17-20-21(27)22(32-24(28)18-12-8-6-9-13-18)23(26(31-20)34-4-2)33-25(29)19-14-10-7-11-15-19/h6-15,20-23,26-27H,3-5,16-17H2,1-2H3. The smallest absolute Gasteiger partial charge is 0.338 e. The van der Waals surface area contributed by atoms with Crippen molar-refractivity contribution in [1.29, 1.82) is 0 Å². The molecule has 5 unspecified atom stereocenters. The lowest BCUT2D eigenvalue weighted by Gasteiger charge is -2.43. The number of aliphatic hydroxyl groups excluding tert-OH is 1. The van der Waals surface area contributed by atoms with Gasteiger partial charge < -0.3 is 24.1 Å². The average molecular weight is 489 g/mol. The molecule has 0 saturated carbocycles. The molecule has 0 bridgehead atoms. The van der Waals surface area contributed by atoms with Crippen LogP contribution in [0.3, 0.4) is 0 Å². The number of benzene rings is 2. The van der Waals surface area contributed by atoms with Crippen molar-refractivity contribution in [2.75, 3.05) is 19.0 Å². The lowest BCUT2D eigenvalue weighted by atomic mass is 9.99. The summed E-state index contributed by atoms with van der Waals surface area (Å²) in [6.45, 7) is 4.69. The highest BCUT2D eigenvalue weighted by Gasteiger charge is 2.50. The van der Waals surface area contributed by atoms with E-state index < -0.39 is 41.8 Å². The van der Waals surface area contributed by atoms with Crippen LogP contribution in [0.4, 0.5) is 0 Å². The molecule has 1 aliphatic rings. The van der Waals surface area contributed by atoms with Crippen LogP contribution >= 0.6 is 11.8 Å². The van der Waals surface area contributed by atoms with E-state index in [0.29, 0.717) is 23.5 Å². The van der Waals surface area contributed by atoms with Gasteiger partial charge in [0.15, 0.2) is 12.2 Å². The summed E-state index contributed by atoms with van der Waals surface area (Å²) in [6.07, 6.45) is -2.24. The van der Waals surface area contributed by atoms with E-state index in [9.17, 15) is 14.7 Å². The summed E-state index contributed by atoms with van der Waals surface area (Å²) in [4.78, 5) is 25.7. The molecule has 3 rings (SSSR count). The van der Waals surface area contributed by atoms with E-state index in [1.807, 2.05) is 6.92 Å². The molecule has 0 aliphatic carbocycles. The van der Waals surface area contributed by atoms with Crippen LogP contribution in [-0.4, -0.2) is 65.9 Å². The Morgan fingerprint density at radius 2 is 1.47 bits per heavy atom. The van der Waals surface area contributed by atoms with E-state index in [2.05, 4.69) is 6.92 Å². The van der Waals surface area contributed by atoms with Gasteiger partial charge in [-0.3, -0.25) is 0 Å². The summed E-state index contributed by atoms with van der Waals surface area (Å²) in [5.41, 5.74) is 0.0505. The van der Waals surface area contributed by atoms with Crippen LogP contribution in [-0.2, 0) is 18.9 Å². The van der Waals surface area contributed by atoms with Crippen LogP contribution in [0.25, 0.3) is 0 Å². The second kappa shape index (κ2) is 13.5. The summed E-state index contributed by atoms with van der Waals surface area (Å²) in [5, 5.41) is 11.1. The Morgan fingerprint density at radius 3 is 2.00 bits per heavy atom. The van der Waals surface area contributed by atoms with E-state index in [0.717, 1.165) is 12.8 Å². The lowest BCUT2D eigenvalue weighted by molar-refractivity contribution is -0.210. The summed E-state index contributed by atoms with van der Waals surface area (Å²) in [6, 6.07) is 17.0. The third-order valence-electron chi connectivity index (χ3n) is 5.38. The summed E-state index contributed by atoms with van der Waals surface area (Å²) >= 11 is 1.42. The Hall–Kier alpha value is -2.39. The van der Waals surface area contributed by atoms with Gasteiger partial charge in [-0.2, -0.15) is 0 Å². The second-order valence-electron chi connectivity index (χ2n) is 7.89. The van der Waals surface area contributed by atoms with Gasteiger partial charge in [0.25, 0.3) is 0 Å². The highest BCUT2D eigenvalue weighted by Crippen LogP contribution is 2.33. The SMILES string of the molecule is CCCCOCC1OC(SCC)C(OC(=O)c2ccccc2)C(OC(=O)c2ccccc2)C1O. The predicted molar refractivity (Wildman–Crippen MR) is 130 cm³/mol. The number of esters is 2. The van der Waals surface area contributed by atoms with Gasteiger partial charge in [0.2, 0.25) is 0 Å². The predicted octanol–water partition coefficient (Wildman–Crippen LogP) is 4.09. The molecule has 2 aromatic rings. The fraction of sp³-hybridized carbons (Fsp3) is 0.462. The van der Waals surface area contributed by atoms with Gasteiger partial charge in [-0.1, -0.05) is 56.7 Å². The minimum absolute atomic E-state index is 0.140. The van der Waals surface area contributed by atoms with E-state index in [1.54, 1.807) is 60.7 Å².